The highest BCUT2D eigenvalue weighted by molar-refractivity contribution is 7.22. The molecule has 1 saturated heterocycles. The summed E-state index contributed by atoms with van der Waals surface area (Å²) in [7, 11) is 4.58. The summed E-state index contributed by atoms with van der Waals surface area (Å²) < 4.78 is 30.2. The van der Waals surface area contributed by atoms with Crippen LogP contribution in [0.25, 0.3) is 10.2 Å². The summed E-state index contributed by atoms with van der Waals surface area (Å²) in [5.41, 5.74) is 1.33. The Morgan fingerprint density at radius 2 is 1.71 bits per heavy atom. The van der Waals surface area contributed by atoms with Crippen molar-refractivity contribution < 1.29 is 23.4 Å². The molecule has 2 amide bonds. The molecule has 0 unspecified atom stereocenters. The first-order valence-corrected chi connectivity index (χ1v) is 10.5. The van der Waals surface area contributed by atoms with E-state index in [1.807, 2.05) is 0 Å². The summed E-state index contributed by atoms with van der Waals surface area (Å²) in [6.07, 6.45) is 0. The Morgan fingerprint density at radius 3 is 2.32 bits per heavy atom. The van der Waals surface area contributed by atoms with Crippen LogP contribution in [0.15, 0.2) is 30.3 Å². The second-order valence-corrected chi connectivity index (χ2v) is 7.94. The smallest absolute Gasteiger partial charge is 0.321 e. The SMILES string of the molecule is COc1cc(NC(=O)N2CCN(c3nc4ccc(F)cc4s3)CC2)cc(OC)c1OC. The minimum atomic E-state index is -0.268. The Morgan fingerprint density at radius 1 is 1.03 bits per heavy atom. The Hall–Kier alpha value is -3.27. The number of hydrogen-bond donors (Lipinski definition) is 1. The van der Waals surface area contributed by atoms with Gasteiger partial charge in [-0.3, -0.25) is 0 Å². The molecule has 31 heavy (non-hydrogen) atoms. The molecule has 1 aromatic heterocycles. The zero-order valence-corrected chi connectivity index (χ0v) is 18.3. The molecular weight excluding hydrogens is 423 g/mol. The van der Waals surface area contributed by atoms with Gasteiger partial charge in [0.1, 0.15) is 5.82 Å². The summed E-state index contributed by atoms with van der Waals surface area (Å²) in [5, 5.41) is 3.73. The summed E-state index contributed by atoms with van der Waals surface area (Å²) in [6.45, 7) is 2.37. The van der Waals surface area contributed by atoms with E-state index in [4.69, 9.17) is 14.2 Å². The van der Waals surface area contributed by atoms with Crippen LogP contribution in [-0.2, 0) is 0 Å². The molecular formula is C21H23FN4O4S. The number of thiazole rings is 1. The molecule has 4 rings (SSSR count). The average Bonchev–Trinajstić information content (AvgIpc) is 3.21. The average molecular weight is 447 g/mol. The molecule has 2 aromatic carbocycles. The Labute approximate surface area is 183 Å². The summed E-state index contributed by atoms with van der Waals surface area (Å²) in [5.74, 6) is 1.13. The number of methoxy groups -OCH3 is 3. The van der Waals surface area contributed by atoms with Gasteiger partial charge in [-0.1, -0.05) is 11.3 Å². The van der Waals surface area contributed by atoms with Crippen molar-refractivity contribution in [3.8, 4) is 17.2 Å². The van der Waals surface area contributed by atoms with Gasteiger partial charge in [-0.15, -0.1) is 0 Å². The van der Waals surface area contributed by atoms with Crippen molar-refractivity contribution in [1.82, 2.24) is 9.88 Å². The van der Waals surface area contributed by atoms with Crippen LogP contribution in [0, 0.1) is 5.82 Å². The van der Waals surface area contributed by atoms with Crippen LogP contribution in [0.2, 0.25) is 0 Å². The molecule has 1 N–H and O–H groups in total. The third-order valence-corrected chi connectivity index (χ3v) is 6.17. The fourth-order valence-electron chi connectivity index (χ4n) is 3.48. The van der Waals surface area contributed by atoms with Gasteiger partial charge in [0.2, 0.25) is 5.75 Å². The molecule has 164 valence electrons. The number of rotatable bonds is 5. The maximum absolute atomic E-state index is 13.4. The van der Waals surface area contributed by atoms with Gasteiger partial charge in [0.25, 0.3) is 0 Å². The molecule has 3 aromatic rings. The topological polar surface area (TPSA) is 76.2 Å². The second-order valence-electron chi connectivity index (χ2n) is 6.93. The van der Waals surface area contributed by atoms with Crippen molar-refractivity contribution in [1.29, 1.82) is 0 Å². The standard InChI is InChI=1S/C21H23FN4O4S/c1-28-16-11-14(12-17(29-2)19(16)30-3)23-20(27)25-6-8-26(9-7-25)21-24-15-5-4-13(22)10-18(15)31-21/h4-5,10-12H,6-9H2,1-3H3,(H,23,27). The number of halogens is 1. The number of hydrogen-bond acceptors (Lipinski definition) is 7. The lowest BCUT2D eigenvalue weighted by Gasteiger charge is -2.34. The zero-order valence-electron chi connectivity index (χ0n) is 17.5. The van der Waals surface area contributed by atoms with E-state index in [-0.39, 0.29) is 11.8 Å². The molecule has 10 heteroatoms. The van der Waals surface area contributed by atoms with Gasteiger partial charge in [-0.05, 0) is 18.2 Å². The maximum Gasteiger partial charge on any atom is 0.321 e. The molecule has 0 bridgehead atoms. The lowest BCUT2D eigenvalue weighted by Crippen LogP contribution is -2.50. The number of urea groups is 1. The zero-order chi connectivity index (χ0) is 22.0. The highest BCUT2D eigenvalue weighted by atomic mass is 32.1. The number of amides is 2. The van der Waals surface area contributed by atoms with Gasteiger partial charge in [-0.2, -0.15) is 0 Å². The van der Waals surface area contributed by atoms with Crippen molar-refractivity contribution in [2.45, 2.75) is 0 Å². The van der Waals surface area contributed by atoms with Gasteiger partial charge in [0.05, 0.1) is 37.2 Å². The molecule has 2 heterocycles. The number of anilines is 2. The highest BCUT2D eigenvalue weighted by Gasteiger charge is 2.24. The molecule has 0 radical (unpaired) electrons. The first-order valence-electron chi connectivity index (χ1n) is 9.69. The Bertz CT molecular complexity index is 1070. The number of benzene rings is 2. The van der Waals surface area contributed by atoms with Crippen LogP contribution in [-0.4, -0.2) is 63.4 Å². The number of fused-ring (bicyclic) bond motifs is 1. The molecule has 8 nitrogen and oxygen atoms in total. The van der Waals surface area contributed by atoms with E-state index in [1.165, 1.54) is 44.8 Å². The van der Waals surface area contributed by atoms with Crippen molar-refractivity contribution in [2.75, 3.05) is 57.7 Å². The van der Waals surface area contributed by atoms with Gasteiger partial charge in [-0.25, -0.2) is 14.2 Å². The molecule has 1 aliphatic heterocycles. The fraction of sp³-hybridized carbons (Fsp3) is 0.333. The predicted octanol–water partition coefficient (Wildman–Crippen LogP) is 3.82. The van der Waals surface area contributed by atoms with Crippen molar-refractivity contribution in [2.24, 2.45) is 0 Å². The van der Waals surface area contributed by atoms with E-state index in [2.05, 4.69) is 15.2 Å². The maximum atomic E-state index is 13.4. The fourth-order valence-corrected chi connectivity index (χ4v) is 4.52. The molecule has 1 fully saturated rings. The number of nitrogens with one attached hydrogen (secondary N) is 1. The first-order chi connectivity index (χ1) is 15.0. The van der Waals surface area contributed by atoms with Crippen LogP contribution < -0.4 is 24.4 Å². The van der Waals surface area contributed by atoms with E-state index in [0.29, 0.717) is 49.1 Å². The normalized spacial score (nSPS) is 13.9. The third kappa shape index (κ3) is 4.29. The van der Waals surface area contributed by atoms with E-state index < -0.39 is 0 Å². The van der Waals surface area contributed by atoms with Gasteiger partial charge in [0.15, 0.2) is 16.6 Å². The van der Waals surface area contributed by atoms with Crippen LogP contribution in [0.5, 0.6) is 17.2 Å². The number of carbonyl (C=O) groups excluding carboxylic acids is 1. The second kappa shape index (κ2) is 8.84. The van der Waals surface area contributed by atoms with Crippen LogP contribution >= 0.6 is 11.3 Å². The van der Waals surface area contributed by atoms with Gasteiger partial charge < -0.3 is 29.3 Å². The largest absolute Gasteiger partial charge is 0.493 e. The van der Waals surface area contributed by atoms with Crippen LogP contribution in [0.3, 0.4) is 0 Å². The molecule has 0 aliphatic carbocycles. The Kier molecular flexibility index (Phi) is 5.99. The molecule has 0 saturated carbocycles. The van der Waals surface area contributed by atoms with E-state index >= 15 is 0 Å². The Balaban J connectivity index is 1.41. The minimum absolute atomic E-state index is 0.208. The van der Waals surface area contributed by atoms with Crippen LogP contribution in [0.1, 0.15) is 0 Å². The van der Waals surface area contributed by atoms with E-state index in [9.17, 15) is 9.18 Å². The van der Waals surface area contributed by atoms with E-state index in [0.717, 1.165) is 15.3 Å². The number of carbonyl (C=O) groups is 1. The lowest BCUT2D eigenvalue weighted by molar-refractivity contribution is 0.208. The summed E-state index contributed by atoms with van der Waals surface area (Å²) >= 11 is 1.46. The van der Waals surface area contributed by atoms with Gasteiger partial charge >= 0.3 is 6.03 Å². The number of piperazine rings is 1. The van der Waals surface area contributed by atoms with E-state index in [1.54, 1.807) is 23.1 Å². The minimum Gasteiger partial charge on any atom is -0.493 e. The monoisotopic (exact) mass is 446 g/mol. The quantitative estimate of drug-likeness (QED) is 0.642. The highest BCUT2D eigenvalue weighted by Crippen LogP contribution is 2.40. The molecule has 0 spiro atoms. The van der Waals surface area contributed by atoms with Crippen molar-refractivity contribution in [3.63, 3.8) is 0 Å². The number of aromatic nitrogens is 1. The number of nitrogens with zero attached hydrogens (tertiary/aromatic N) is 3. The van der Waals surface area contributed by atoms with Crippen LogP contribution in [0.4, 0.5) is 20.0 Å². The van der Waals surface area contributed by atoms with Gasteiger partial charge in [0, 0.05) is 38.3 Å². The summed E-state index contributed by atoms with van der Waals surface area (Å²) in [4.78, 5) is 21.2. The number of ether oxygens (including phenoxy) is 3. The first kappa shape index (κ1) is 21.0. The predicted molar refractivity (Wildman–Crippen MR) is 118 cm³/mol. The van der Waals surface area contributed by atoms with Crippen molar-refractivity contribution in [3.05, 3.63) is 36.1 Å². The molecule has 0 atom stereocenters. The molecule has 1 aliphatic rings. The third-order valence-electron chi connectivity index (χ3n) is 5.09. The lowest BCUT2D eigenvalue weighted by atomic mass is 10.2. The van der Waals surface area contributed by atoms with Crippen molar-refractivity contribution >= 4 is 38.4 Å². The summed E-state index contributed by atoms with van der Waals surface area (Å²) in [6, 6.07) is 7.77.